The van der Waals surface area contributed by atoms with Crippen LogP contribution in [0.5, 0.6) is 0 Å². The molecule has 1 nitrogen and oxygen atoms in total. The van der Waals surface area contributed by atoms with Crippen LogP contribution < -0.4 is 5.32 Å². The molecule has 0 atom stereocenters. The summed E-state index contributed by atoms with van der Waals surface area (Å²) in [7, 11) is 0. The Kier molecular flexibility index (Phi) is 4.52. The van der Waals surface area contributed by atoms with Gasteiger partial charge < -0.3 is 5.32 Å². The van der Waals surface area contributed by atoms with E-state index in [9.17, 15) is 0 Å². The molecule has 1 saturated carbocycles. The summed E-state index contributed by atoms with van der Waals surface area (Å²) in [5.74, 6) is 0. The van der Waals surface area contributed by atoms with Crippen molar-refractivity contribution in [3.63, 3.8) is 0 Å². The molecule has 2 heteroatoms. The average Bonchev–Trinajstić information content (AvgIpc) is 2.81. The summed E-state index contributed by atoms with van der Waals surface area (Å²) in [6.45, 7) is 4.29. The minimum atomic E-state index is 0.519. The topological polar surface area (TPSA) is 12.0 Å². The van der Waals surface area contributed by atoms with E-state index in [1.165, 1.54) is 36.8 Å². The first-order chi connectivity index (χ1) is 8.24. The lowest BCUT2D eigenvalue weighted by atomic mass is 10.1. The van der Waals surface area contributed by atoms with Crippen molar-refractivity contribution >= 4 is 11.8 Å². The maximum absolute atomic E-state index is 3.63. The molecular weight excluding hydrogens is 226 g/mol. The van der Waals surface area contributed by atoms with Crippen molar-refractivity contribution < 1.29 is 0 Å². The second-order valence-electron chi connectivity index (χ2n) is 5.18. The standard InChI is InChI=1S/C15H23NS/c1-13-5-7-14(8-6-13)11-16-12-15(17-2)9-3-4-10-15/h5-8,16H,3-4,9-12H2,1-2H3. The predicted molar refractivity (Wildman–Crippen MR) is 77.6 cm³/mol. The van der Waals surface area contributed by atoms with E-state index in [1.807, 2.05) is 0 Å². The Labute approximate surface area is 109 Å². The summed E-state index contributed by atoms with van der Waals surface area (Å²) >= 11 is 2.05. The maximum Gasteiger partial charge on any atom is 0.0281 e. The van der Waals surface area contributed by atoms with Crippen molar-refractivity contribution in [2.24, 2.45) is 0 Å². The van der Waals surface area contributed by atoms with Crippen molar-refractivity contribution in [1.29, 1.82) is 0 Å². The lowest BCUT2D eigenvalue weighted by molar-refractivity contribution is 0.534. The van der Waals surface area contributed by atoms with Gasteiger partial charge in [-0.25, -0.2) is 0 Å². The molecule has 1 aromatic carbocycles. The SMILES string of the molecule is CSC1(CNCc2ccc(C)cc2)CCCC1. The average molecular weight is 249 g/mol. The van der Waals surface area contributed by atoms with Crippen LogP contribution in [0, 0.1) is 6.92 Å². The van der Waals surface area contributed by atoms with E-state index in [2.05, 4.69) is 54.5 Å². The largest absolute Gasteiger partial charge is 0.311 e. The number of rotatable bonds is 5. The maximum atomic E-state index is 3.63. The normalized spacial score (nSPS) is 18.5. The van der Waals surface area contributed by atoms with Crippen LogP contribution in [0.4, 0.5) is 0 Å². The van der Waals surface area contributed by atoms with Crippen LogP contribution in [-0.2, 0) is 6.54 Å². The molecule has 1 aromatic rings. The molecule has 94 valence electrons. The lowest BCUT2D eigenvalue weighted by Crippen LogP contribution is -2.34. The molecule has 1 aliphatic rings. The van der Waals surface area contributed by atoms with E-state index in [0.717, 1.165) is 13.1 Å². The predicted octanol–water partition coefficient (Wildman–Crippen LogP) is 3.76. The summed E-state index contributed by atoms with van der Waals surface area (Å²) in [6, 6.07) is 8.83. The van der Waals surface area contributed by atoms with Gasteiger partial charge >= 0.3 is 0 Å². The van der Waals surface area contributed by atoms with Gasteiger partial charge in [0.1, 0.15) is 0 Å². The van der Waals surface area contributed by atoms with Gasteiger partial charge in [-0.15, -0.1) is 0 Å². The van der Waals surface area contributed by atoms with Gasteiger partial charge in [-0.2, -0.15) is 11.8 Å². The molecular formula is C15H23NS. The van der Waals surface area contributed by atoms with Crippen LogP contribution in [0.2, 0.25) is 0 Å². The smallest absolute Gasteiger partial charge is 0.0281 e. The van der Waals surface area contributed by atoms with Crippen molar-refractivity contribution in [3.05, 3.63) is 35.4 Å². The zero-order chi connectivity index (χ0) is 12.1. The molecule has 0 heterocycles. The fraction of sp³-hybridized carbons (Fsp3) is 0.600. The summed E-state index contributed by atoms with van der Waals surface area (Å²) in [5, 5.41) is 3.63. The fourth-order valence-corrected chi connectivity index (χ4v) is 3.56. The molecule has 0 bridgehead atoms. The fourth-order valence-electron chi connectivity index (χ4n) is 2.61. The lowest BCUT2D eigenvalue weighted by Gasteiger charge is -2.27. The summed E-state index contributed by atoms with van der Waals surface area (Å²) in [4.78, 5) is 0. The van der Waals surface area contributed by atoms with Gasteiger partial charge in [-0.3, -0.25) is 0 Å². The summed E-state index contributed by atoms with van der Waals surface area (Å²) in [6.07, 6.45) is 7.85. The van der Waals surface area contributed by atoms with E-state index < -0.39 is 0 Å². The first-order valence-corrected chi connectivity index (χ1v) is 7.78. The second kappa shape index (κ2) is 5.92. The number of benzene rings is 1. The molecule has 0 amide bonds. The molecule has 0 spiro atoms. The highest BCUT2D eigenvalue weighted by atomic mass is 32.2. The Morgan fingerprint density at radius 2 is 1.82 bits per heavy atom. The van der Waals surface area contributed by atoms with Crippen molar-refractivity contribution in [2.45, 2.75) is 43.9 Å². The third-order valence-electron chi connectivity index (χ3n) is 3.84. The molecule has 0 aromatic heterocycles. The van der Waals surface area contributed by atoms with Crippen LogP contribution in [0.3, 0.4) is 0 Å². The number of hydrogen-bond donors (Lipinski definition) is 1. The van der Waals surface area contributed by atoms with Gasteiger partial charge in [0.15, 0.2) is 0 Å². The Bertz CT molecular complexity index is 338. The minimum Gasteiger partial charge on any atom is -0.311 e. The van der Waals surface area contributed by atoms with Crippen molar-refractivity contribution in [2.75, 3.05) is 12.8 Å². The molecule has 1 fully saturated rings. The highest BCUT2D eigenvalue weighted by molar-refractivity contribution is 8.00. The Balaban J connectivity index is 1.80. The summed E-state index contributed by atoms with van der Waals surface area (Å²) < 4.78 is 0.519. The molecule has 0 radical (unpaired) electrons. The highest BCUT2D eigenvalue weighted by Crippen LogP contribution is 2.39. The number of hydrogen-bond acceptors (Lipinski definition) is 2. The van der Waals surface area contributed by atoms with Crippen LogP contribution in [0.25, 0.3) is 0 Å². The molecule has 1 N–H and O–H groups in total. The molecule has 1 aliphatic carbocycles. The molecule has 0 saturated heterocycles. The Hall–Kier alpha value is -0.470. The third kappa shape index (κ3) is 3.49. The van der Waals surface area contributed by atoms with E-state index in [0.29, 0.717) is 4.75 Å². The number of nitrogens with one attached hydrogen (secondary N) is 1. The van der Waals surface area contributed by atoms with Crippen LogP contribution in [-0.4, -0.2) is 17.5 Å². The van der Waals surface area contributed by atoms with Gasteiger partial charge in [0.05, 0.1) is 0 Å². The highest BCUT2D eigenvalue weighted by Gasteiger charge is 2.32. The second-order valence-corrected chi connectivity index (χ2v) is 6.46. The van der Waals surface area contributed by atoms with Gasteiger partial charge in [0.2, 0.25) is 0 Å². The van der Waals surface area contributed by atoms with Crippen LogP contribution in [0.1, 0.15) is 36.8 Å². The van der Waals surface area contributed by atoms with Gasteiger partial charge in [0.25, 0.3) is 0 Å². The van der Waals surface area contributed by atoms with Crippen molar-refractivity contribution in [1.82, 2.24) is 5.32 Å². The van der Waals surface area contributed by atoms with Gasteiger partial charge in [-0.1, -0.05) is 42.7 Å². The van der Waals surface area contributed by atoms with E-state index in [4.69, 9.17) is 0 Å². The molecule has 0 aliphatic heterocycles. The first-order valence-electron chi connectivity index (χ1n) is 6.56. The third-order valence-corrected chi connectivity index (χ3v) is 5.26. The Morgan fingerprint density at radius 3 is 2.41 bits per heavy atom. The summed E-state index contributed by atoms with van der Waals surface area (Å²) in [5.41, 5.74) is 2.73. The molecule has 17 heavy (non-hydrogen) atoms. The quantitative estimate of drug-likeness (QED) is 0.852. The number of thioether (sulfide) groups is 1. The molecule has 2 rings (SSSR count). The first kappa shape index (κ1) is 13.0. The van der Waals surface area contributed by atoms with Gasteiger partial charge in [0, 0.05) is 17.8 Å². The monoisotopic (exact) mass is 249 g/mol. The van der Waals surface area contributed by atoms with E-state index >= 15 is 0 Å². The zero-order valence-corrected chi connectivity index (χ0v) is 11.8. The Morgan fingerprint density at radius 1 is 1.18 bits per heavy atom. The minimum absolute atomic E-state index is 0.519. The van der Waals surface area contributed by atoms with E-state index in [-0.39, 0.29) is 0 Å². The molecule has 0 unspecified atom stereocenters. The van der Waals surface area contributed by atoms with Crippen LogP contribution in [0.15, 0.2) is 24.3 Å². The van der Waals surface area contributed by atoms with E-state index in [1.54, 1.807) is 0 Å². The number of aryl methyl sites for hydroxylation is 1. The van der Waals surface area contributed by atoms with Crippen LogP contribution >= 0.6 is 11.8 Å². The van der Waals surface area contributed by atoms with Crippen molar-refractivity contribution in [3.8, 4) is 0 Å². The van der Waals surface area contributed by atoms with Gasteiger partial charge in [-0.05, 0) is 31.6 Å². The zero-order valence-electron chi connectivity index (χ0n) is 11.0.